The number of benzene rings is 1. The van der Waals surface area contributed by atoms with Gasteiger partial charge in [0.2, 0.25) is 0 Å². The van der Waals surface area contributed by atoms with Gasteiger partial charge in [-0.3, -0.25) is 0 Å². The summed E-state index contributed by atoms with van der Waals surface area (Å²) in [6, 6.07) is 6.13. The monoisotopic (exact) mass is 312 g/mol. The molecule has 1 aliphatic rings. The number of thiocarbonyl (C=S) groups is 1. The summed E-state index contributed by atoms with van der Waals surface area (Å²) in [5.41, 5.74) is 3.28. The van der Waals surface area contributed by atoms with Crippen molar-refractivity contribution in [2.75, 3.05) is 23.9 Å². The van der Waals surface area contributed by atoms with Crippen LogP contribution < -0.4 is 5.32 Å². The molecular formula is C14H20N2O2S2. The minimum atomic E-state index is -2.89. The van der Waals surface area contributed by atoms with Crippen LogP contribution in [0.25, 0.3) is 0 Å². The molecule has 1 N–H and O–H groups in total. The molecule has 1 heterocycles. The molecule has 20 heavy (non-hydrogen) atoms. The Hall–Kier alpha value is -1.14. The lowest BCUT2D eigenvalue weighted by Crippen LogP contribution is -2.40. The molecule has 1 aromatic carbocycles. The van der Waals surface area contributed by atoms with Crippen molar-refractivity contribution in [3.05, 3.63) is 29.3 Å². The fourth-order valence-electron chi connectivity index (χ4n) is 2.51. The first-order valence-corrected chi connectivity index (χ1v) is 8.82. The van der Waals surface area contributed by atoms with E-state index >= 15 is 0 Å². The van der Waals surface area contributed by atoms with Crippen LogP contribution in [0.3, 0.4) is 0 Å². The van der Waals surface area contributed by atoms with E-state index in [1.54, 1.807) is 0 Å². The summed E-state index contributed by atoms with van der Waals surface area (Å²) in [5, 5.41) is 3.76. The van der Waals surface area contributed by atoms with Crippen LogP contribution in [0.15, 0.2) is 18.2 Å². The number of anilines is 1. The number of hydrogen-bond acceptors (Lipinski definition) is 3. The molecule has 1 fully saturated rings. The fraction of sp³-hybridized carbons (Fsp3) is 0.500. The number of nitrogens with one attached hydrogen (secondary N) is 1. The molecule has 0 aliphatic carbocycles. The predicted molar refractivity (Wildman–Crippen MR) is 87.0 cm³/mol. The summed E-state index contributed by atoms with van der Waals surface area (Å²) in [6.07, 6.45) is 0.646. The van der Waals surface area contributed by atoms with Crippen molar-refractivity contribution in [2.45, 2.75) is 26.3 Å². The molecule has 110 valence electrons. The summed E-state index contributed by atoms with van der Waals surface area (Å²) in [7, 11) is -1.04. The Kier molecular flexibility index (Phi) is 4.34. The van der Waals surface area contributed by atoms with Gasteiger partial charge >= 0.3 is 0 Å². The normalized spacial score (nSPS) is 20.6. The third-order valence-electron chi connectivity index (χ3n) is 3.55. The maximum Gasteiger partial charge on any atom is 0.173 e. The average molecular weight is 312 g/mol. The second-order valence-electron chi connectivity index (χ2n) is 5.47. The third-order valence-corrected chi connectivity index (χ3v) is 5.69. The first-order chi connectivity index (χ1) is 9.27. The Morgan fingerprint density at radius 1 is 1.30 bits per heavy atom. The van der Waals surface area contributed by atoms with Crippen LogP contribution >= 0.6 is 12.2 Å². The van der Waals surface area contributed by atoms with Crippen molar-refractivity contribution in [3.63, 3.8) is 0 Å². The number of rotatable bonds is 2. The van der Waals surface area contributed by atoms with E-state index in [0.717, 1.165) is 5.69 Å². The fourth-order valence-corrected chi connectivity index (χ4v) is 4.55. The van der Waals surface area contributed by atoms with Gasteiger partial charge in [0.1, 0.15) is 0 Å². The van der Waals surface area contributed by atoms with Crippen molar-refractivity contribution >= 4 is 32.9 Å². The summed E-state index contributed by atoms with van der Waals surface area (Å²) in [6.45, 7) is 4.07. The van der Waals surface area contributed by atoms with E-state index in [1.165, 1.54) is 11.1 Å². The van der Waals surface area contributed by atoms with Gasteiger partial charge in [-0.2, -0.15) is 0 Å². The van der Waals surface area contributed by atoms with E-state index in [1.807, 2.05) is 37.9 Å². The molecular weight excluding hydrogens is 292 g/mol. The molecule has 1 aromatic rings. The maximum atomic E-state index is 11.5. The lowest BCUT2D eigenvalue weighted by atomic mass is 10.1. The van der Waals surface area contributed by atoms with Gasteiger partial charge < -0.3 is 10.2 Å². The maximum absolute atomic E-state index is 11.5. The highest BCUT2D eigenvalue weighted by atomic mass is 32.2. The largest absolute Gasteiger partial charge is 0.348 e. The summed E-state index contributed by atoms with van der Waals surface area (Å²) in [5.74, 6) is 0.451. The van der Waals surface area contributed by atoms with Gasteiger partial charge in [0.15, 0.2) is 14.9 Å². The molecule has 6 heteroatoms. The highest BCUT2D eigenvalue weighted by molar-refractivity contribution is 7.91. The lowest BCUT2D eigenvalue weighted by Gasteiger charge is -2.26. The second kappa shape index (κ2) is 5.69. The standard InChI is InChI=1S/C14H20N2O2S2/c1-10-6-11(2)8-12(7-10)15-14(19)16(3)13-4-5-20(17,18)9-13/h6-8,13H,4-5,9H2,1-3H3,(H,15,19). The minimum Gasteiger partial charge on any atom is -0.348 e. The van der Waals surface area contributed by atoms with E-state index in [2.05, 4.69) is 11.4 Å². The predicted octanol–water partition coefficient (Wildman–Crippen LogP) is 2.12. The Labute approximate surface area is 126 Å². The van der Waals surface area contributed by atoms with Crippen LogP contribution in [0.4, 0.5) is 5.69 Å². The van der Waals surface area contributed by atoms with Crippen molar-refractivity contribution in [2.24, 2.45) is 0 Å². The summed E-state index contributed by atoms with van der Waals surface area (Å²) < 4.78 is 23.1. The van der Waals surface area contributed by atoms with Gasteiger partial charge in [0, 0.05) is 18.8 Å². The van der Waals surface area contributed by atoms with E-state index < -0.39 is 9.84 Å². The van der Waals surface area contributed by atoms with Crippen molar-refractivity contribution in [3.8, 4) is 0 Å². The van der Waals surface area contributed by atoms with Gasteiger partial charge in [-0.15, -0.1) is 0 Å². The molecule has 0 saturated carbocycles. The smallest absolute Gasteiger partial charge is 0.173 e. The van der Waals surface area contributed by atoms with Crippen LogP contribution in [0.5, 0.6) is 0 Å². The highest BCUT2D eigenvalue weighted by Gasteiger charge is 2.31. The molecule has 1 atom stereocenters. The zero-order valence-corrected chi connectivity index (χ0v) is 13.6. The van der Waals surface area contributed by atoms with E-state index in [-0.39, 0.29) is 17.5 Å². The molecule has 4 nitrogen and oxygen atoms in total. The average Bonchev–Trinajstić information content (AvgIpc) is 2.67. The van der Waals surface area contributed by atoms with Crippen LogP contribution in [0.1, 0.15) is 17.5 Å². The molecule has 2 rings (SSSR count). The van der Waals surface area contributed by atoms with Crippen molar-refractivity contribution < 1.29 is 8.42 Å². The van der Waals surface area contributed by atoms with Gasteiger partial charge in [0.05, 0.1) is 11.5 Å². The molecule has 0 bridgehead atoms. The molecule has 0 amide bonds. The topological polar surface area (TPSA) is 49.4 Å². The highest BCUT2D eigenvalue weighted by Crippen LogP contribution is 2.19. The van der Waals surface area contributed by atoms with Gasteiger partial charge in [0.25, 0.3) is 0 Å². The molecule has 0 radical (unpaired) electrons. The number of aryl methyl sites for hydroxylation is 2. The molecule has 1 unspecified atom stereocenters. The Bertz CT molecular complexity index is 606. The van der Waals surface area contributed by atoms with Crippen molar-refractivity contribution in [1.29, 1.82) is 0 Å². The zero-order valence-electron chi connectivity index (χ0n) is 12.0. The molecule has 1 aliphatic heterocycles. The molecule has 0 aromatic heterocycles. The lowest BCUT2D eigenvalue weighted by molar-refractivity contribution is 0.402. The summed E-state index contributed by atoms with van der Waals surface area (Å²) in [4.78, 5) is 1.86. The summed E-state index contributed by atoms with van der Waals surface area (Å²) >= 11 is 5.38. The molecule has 0 spiro atoms. The van der Waals surface area contributed by atoms with Gasteiger partial charge in [-0.05, 0) is 55.7 Å². The van der Waals surface area contributed by atoms with Gasteiger partial charge in [-0.25, -0.2) is 8.42 Å². The van der Waals surface area contributed by atoms with E-state index in [4.69, 9.17) is 12.2 Å². The quantitative estimate of drug-likeness (QED) is 0.848. The van der Waals surface area contributed by atoms with E-state index in [9.17, 15) is 8.42 Å². The van der Waals surface area contributed by atoms with E-state index in [0.29, 0.717) is 11.5 Å². The van der Waals surface area contributed by atoms with Crippen LogP contribution in [0.2, 0.25) is 0 Å². The minimum absolute atomic E-state index is 0.0223. The second-order valence-corrected chi connectivity index (χ2v) is 8.09. The number of hydrogen-bond donors (Lipinski definition) is 1. The molecule has 1 saturated heterocycles. The van der Waals surface area contributed by atoms with Gasteiger partial charge in [-0.1, -0.05) is 6.07 Å². The van der Waals surface area contributed by atoms with Crippen LogP contribution in [-0.2, 0) is 9.84 Å². The Balaban J connectivity index is 2.04. The van der Waals surface area contributed by atoms with Crippen molar-refractivity contribution in [1.82, 2.24) is 4.90 Å². The Morgan fingerprint density at radius 2 is 1.90 bits per heavy atom. The first kappa shape index (κ1) is 15.3. The van der Waals surface area contributed by atoms with Crippen LogP contribution in [-0.4, -0.2) is 43.0 Å². The number of sulfone groups is 1. The number of nitrogens with zero attached hydrogens (tertiary/aromatic N) is 1. The first-order valence-electron chi connectivity index (χ1n) is 6.59. The van der Waals surface area contributed by atoms with Crippen LogP contribution in [0, 0.1) is 13.8 Å². The SMILES string of the molecule is Cc1cc(C)cc(NC(=S)N(C)C2CCS(=O)(=O)C2)c1. The zero-order chi connectivity index (χ0) is 14.9. The Morgan fingerprint density at radius 3 is 2.40 bits per heavy atom. The third kappa shape index (κ3) is 3.70.